The number of rotatable bonds is 4. The third kappa shape index (κ3) is 2.22. The van der Waals surface area contributed by atoms with Crippen molar-refractivity contribution in [1.29, 1.82) is 0 Å². The average molecular weight is 233 g/mol. The molecule has 2 heterocycles. The first kappa shape index (κ1) is 11.1. The highest BCUT2D eigenvalue weighted by molar-refractivity contribution is 7.71. The van der Waals surface area contributed by atoms with Gasteiger partial charge in [0.25, 0.3) is 0 Å². The molecule has 2 rings (SSSR count). The summed E-state index contributed by atoms with van der Waals surface area (Å²) in [5.74, 6) is 0. The molecule has 0 aromatic carbocycles. The third-order valence-corrected chi connectivity index (χ3v) is 2.77. The van der Waals surface area contributed by atoms with Gasteiger partial charge in [0.05, 0.1) is 0 Å². The van der Waals surface area contributed by atoms with Gasteiger partial charge in [-0.25, -0.2) is 9.66 Å². The van der Waals surface area contributed by atoms with Crippen LogP contribution in [0.4, 0.5) is 0 Å². The smallest absolute Gasteiger partial charge is 0.159 e. The fraction of sp³-hybridized carbons (Fsp3) is 0.333. The van der Waals surface area contributed by atoms with E-state index in [1.54, 1.807) is 6.20 Å². The summed E-state index contributed by atoms with van der Waals surface area (Å²) in [5.41, 5.74) is 4.20. The Kier molecular flexibility index (Phi) is 3.51. The predicted octanol–water partition coefficient (Wildman–Crippen LogP) is 3.11. The second-order valence-electron chi connectivity index (χ2n) is 3.68. The summed E-state index contributed by atoms with van der Waals surface area (Å²) in [7, 11) is 0. The number of pyridine rings is 2. The Hall–Kier alpha value is -1.42. The molecule has 1 N–H and O–H groups in total. The van der Waals surface area contributed by atoms with Gasteiger partial charge in [0.1, 0.15) is 4.64 Å². The number of hydrogen-bond acceptors (Lipinski definition) is 3. The molecule has 0 aliphatic carbocycles. The minimum atomic E-state index is 0.766. The van der Waals surface area contributed by atoms with Crippen LogP contribution in [0.15, 0.2) is 30.5 Å². The molecular formula is C12H15N3S. The molecule has 0 unspecified atom stereocenters. The minimum absolute atomic E-state index is 0.766. The molecular weight excluding hydrogens is 218 g/mol. The van der Waals surface area contributed by atoms with E-state index in [1.165, 1.54) is 6.42 Å². The van der Waals surface area contributed by atoms with Crippen LogP contribution >= 0.6 is 12.2 Å². The SMILES string of the molecule is CCCCNn1c(=S)ccc2cccnc21. The number of nitrogens with zero attached hydrogens (tertiary/aromatic N) is 2. The summed E-state index contributed by atoms with van der Waals surface area (Å²) >= 11 is 5.29. The zero-order chi connectivity index (χ0) is 11.4. The molecule has 4 heteroatoms. The molecule has 16 heavy (non-hydrogen) atoms. The maximum atomic E-state index is 5.29. The fourth-order valence-electron chi connectivity index (χ4n) is 1.59. The van der Waals surface area contributed by atoms with Gasteiger partial charge in [-0.1, -0.05) is 25.6 Å². The number of hydrogen-bond donors (Lipinski definition) is 1. The largest absolute Gasteiger partial charge is 0.323 e. The first-order valence-electron chi connectivity index (χ1n) is 5.53. The van der Waals surface area contributed by atoms with Crippen molar-refractivity contribution in [1.82, 2.24) is 9.66 Å². The van der Waals surface area contributed by atoms with Crippen molar-refractivity contribution in [3.8, 4) is 0 Å². The van der Waals surface area contributed by atoms with Gasteiger partial charge in [0, 0.05) is 18.1 Å². The molecule has 0 fully saturated rings. The van der Waals surface area contributed by atoms with Crippen molar-refractivity contribution in [3.63, 3.8) is 0 Å². The van der Waals surface area contributed by atoms with Gasteiger partial charge in [-0.2, -0.15) is 0 Å². The molecule has 0 saturated carbocycles. The first-order valence-corrected chi connectivity index (χ1v) is 5.94. The summed E-state index contributed by atoms with van der Waals surface area (Å²) in [4.78, 5) is 4.35. The lowest BCUT2D eigenvalue weighted by atomic mass is 10.3. The molecule has 0 aliphatic heterocycles. The predicted molar refractivity (Wildman–Crippen MR) is 69.7 cm³/mol. The van der Waals surface area contributed by atoms with Crippen molar-refractivity contribution >= 4 is 23.3 Å². The Bertz CT molecular complexity index is 533. The van der Waals surface area contributed by atoms with Crippen LogP contribution in [0.1, 0.15) is 19.8 Å². The normalized spacial score (nSPS) is 10.6. The lowest BCUT2D eigenvalue weighted by Crippen LogP contribution is -2.18. The standard InChI is InChI=1S/C12H15N3S/c1-2-3-9-14-15-11(16)7-6-10-5-4-8-13-12(10)15/h4-8,14H,2-3,9H2,1H3. The Balaban J connectivity index is 2.41. The molecule has 0 bridgehead atoms. The summed E-state index contributed by atoms with van der Waals surface area (Å²) in [6.07, 6.45) is 4.08. The van der Waals surface area contributed by atoms with Crippen LogP contribution in [0.2, 0.25) is 0 Å². The van der Waals surface area contributed by atoms with Gasteiger partial charge in [-0.05, 0) is 30.7 Å². The van der Waals surface area contributed by atoms with Crippen molar-refractivity contribution in [3.05, 3.63) is 35.1 Å². The summed E-state index contributed by atoms with van der Waals surface area (Å²) in [6, 6.07) is 7.90. The average Bonchev–Trinajstić information content (AvgIpc) is 2.32. The van der Waals surface area contributed by atoms with Gasteiger partial charge in [-0.15, -0.1) is 0 Å². The van der Waals surface area contributed by atoms with Crippen LogP contribution in [0.3, 0.4) is 0 Å². The quantitative estimate of drug-likeness (QED) is 0.650. The van der Waals surface area contributed by atoms with Crippen molar-refractivity contribution in [2.45, 2.75) is 19.8 Å². The van der Waals surface area contributed by atoms with E-state index in [0.717, 1.165) is 28.6 Å². The summed E-state index contributed by atoms with van der Waals surface area (Å²) in [5, 5.41) is 1.10. The lowest BCUT2D eigenvalue weighted by Gasteiger charge is -2.12. The Morgan fingerprint density at radius 3 is 3.06 bits per heavy atom. The van der Waals surface area contributed by atoms with Crippen molar-refractivity contribution < 1.29 is 0 Å². The first-order chi connectivity index (χ1) is 7.83. The molecule has 0 saturated heterocycles. The third-order valence-electron chi connectivity index (χ3n) is 2.45. The number of nitrogens with one attached hydrogen (secondary N) is 1. The fourth-order valence-corrected chi connectivity index (χ4v) is 1.81. The van der Waals surface area contributed by atoms with Crippen LogP contribution in [-0.4, -0.2) is 16.2 Å². The molecule has 2 aromatic heterocycles. The van der Waals surface area contributed by atoms with Gasteiger partial charge >= 0.3 is 0 Å². The highest BCUT2D eigenvalue weighted by Gasteiger charge is 1.99. The van der Waals surface area contributed by atoms with Crippen molar-refractivity contribution in [2.75, 3.05) is 12.0 Å². The minimum Gasteiger partial charge on any atom is -0.323 e. The molecule has 0 spiro atoms. The second-order valence-corrected chi connectivity index (χ2v) is 4.10. The maximum Gasteiger partial charge on any atom is 0.159 e. The monoisotopic (exact) mass is 233 g/mol. The van der Waals surface area contributed by atoms with Crippen molar-refractivity contribution in [2.24, 2.45) is 0 Å². The number of unbranched alkanes of at least 4 members (excludes halogenated alkanes) is 1. The molecule has 84 valence electrons. The Morgan fingerprint density at radius 2 is 2.25 bits per heavy atom. The van der Waals surface area contributed by atoms with Gasteiger partial charge in [0.15, 0.2) is 5.65 Å². The highest BCUT2D eigenvalue weighted by atomic mass is 32.1. The molecule has 0 radical (unpaired) electrons. The van der Waals surface area contributed by atoms with Crippen LogP contribution in [0.25, 0.3) is 11.0 Å². The van der Waals surface area contributed by atoms with Crippen LogP contribution in [0, 0.1) is 4.64 Å². The van der Waals surface area contributed by atoms with Gasteiger partial charge in [-0.3, -0.25) is 0 Å². The van der Waals surface area contributed by atoms with E-state index in [2.05, 4.69) is 17.3 Å². The zero-order valence-corrected chi connectivity index (χ0v) is 10.1. The molecule has 0 amide bonds. The van der Waals surface area contributed by atoms with E-state index in [1.807, 2.05) is 28.9 Å². The lowest BCUT2D eigenvalue weighted by molar-refractivity contribution is 0.754. The highest BCUT2D eigenvalue weighted by Crippen LogP contribution is 2.10. The van der Waals surface area contributed by atoms with E-state index >= 15 is 0 Å². The van der Waals surface area contributed by atoms with Crippen LogP contribution < -0.4 is 5.43 Å². The Labute approximate surface area is 100 Å². The molecule has 3 nitrogen and oxygen atoms in total. The second kappa shape index (κ2) is 5.07. The Morgan fingerprint density at radius 1 is 1.38 bits per heavy atom. The maximum absolute atomic E-state index is 5.29. The van der Waals surface area contributed by atoms with E-state index in [9.17, 15) is 0 Å². The van der Waals surface area contributed by atoms with E-state index in [-0.39, 0.29) is 0 Å². The van der Waals surface area contributed by atoms with Crippen LogP contribution in [-0.2, 0) is 0 Å². The van der Waals surface area contributed by atoms with E-state index < -0.39 is 0 Å². The van der Waals surface area contributed by atoms with E-state index in [4.69, 9.17) is 12.2 Å². The topological polar surface area (TPSA) is 29.9 Å². The summed E-state index contributed by atoms with van der Waals surface area (Å²) in [6.45, 7) is 3.09. The number of aromatic nitrogens is 2. The molecule has 0 atom stereocenters. The molecule has 0 aliphatic rings. The molecule has 2 aromatic rings. The summed E-state index contributed by atoms with van der Waals surface area (Å²) < 4.78 is 2.66. The van der Waals surface area contributed by atoms with E-state index in [0.29, 0.717) is 0 Å². The van der Waals surface area contributed by atoms with Gasteiger partial charge in [0.2, 0.25) is 0 Å². The van der Waals surface area contributed by atoms with Gasteiger partial charge < -0.3 is 5.43 Å². The zero-order valence-electron chi connectivity index (χ0n) is 9.31. The van der Waals surface area contributed by atoms with Crippen LogP contribution in [0.5, 0.6) is 0 Å². The number of fused-ring (bicyclic) bond motifs is 1.